The largest absolute Gasteiger partial charge is 0.497 e. The molecule has 134 valence electrons. The van der Waals surface area contributed by atoms with Gasteiger partial charge in [-0.2, -0.15) is 0 Å². The van der Waals surface area contributed by atoms with Crippen LogP contribution in [0.1, 0.15) is 35.9 Å². The minimum atomic E-state index is -0.158. The number of carbonyl (C=O) groups excluding carboxylic acids is 1. The number of likely N-dealkylation sites (N-methyl/N-ethyl adjacent to an activating group) is 1. The molecule has 1 fully saturated rings. The van der Waals surface area contributed by atoms with Crippen LogP contribution in [0.3, 0.4) is 0 Å². The van der Waals surface area contributed by atoms with Crippen LogP contribution in [0.5, 0.6) is 5.75 Å². The van der Waals surface area contributed by atoms with Crippen molar-refractivity contribution in [2.75, 3.05) is 26.7 Å². The summed E-state index contributed by atoms with van der Waals surface area (Å²) >= 11 is 0. The van der Waals surface area contributed by atoms with E-state index in [1.54, 1.807) is 11.8 Å². The number of nitrogens with zero attached hydrogens (tertiary/aromatic N) is 4. The van der Waals surface area contributed by atoms with Gasteiger partial charge < -0.3 is 15.0 Å². The Morgan fingerprint density at radius 3 is 3.04 bits per heavy atom. The molecule has 1 aliphatic heterocycles. The Morgan fingerprint density at radius 1 is 1.44 bits per heavy atom. The first-order valence-corrected chi connectivity index (χ1v) is 8.72. The molecule has 1 N–H and O–H groups in total. The van der Waals surface area contributed by atoms with E-state index < -0.39 is 0 Å². The summed E-state index contributed by atoms with van der Waals surface area (Å²) in [7, 11) is 1.62. The van der Waals surface area contributed by atoms with Crippen molar-refractivity contribution in [1.29, 1.82) is 0 Å². The number of nitrogens with one attached hydrogen (secondary N) is 1. The Labute approximate surface area is 148 Å². The van der Waals surface area contributed by atoms with Gasteiger partial charge >= 0.3 is 0 Å². The average molecular weight is 343 g/mol. The molecule has 1 amide bonds. The number of ether oxygens (including phenoxy) is 1. The lowest BCUT2D eigenvalue weighted by atomic mass is 10.1. The molecular weight excluding hydrogens is 318 g/mol. The van der Waals surface area contributed by atoms with Crippen molar-refractivity contribution >= 4 is 5.91 Å². The molecule has 1 atom stereocenters. The van der Waals surface area contributed by atoms with Crippen LogP contribution in [0.15, 0.2) is 24.3 Å². The predicted octanol–water partition coefficient (Wildman–Crippen LogP) is 1.80. The van der Waals surface area contributed by atoms with Crippen LogP contribution < -0.4 is 10.1 Å². The van der Waals surface area contributed by atoms with Crippen molar-refractivity contribution < 1.29 is 9.53 Å². The van der Waals surface area contributed by atoms with Crippen molar-refractivity contribution in [2.45, 2.75) is 32.7 Å². The fourth-order valence-corrected chi connectivity index (χ4v) is 3.24. The number of methoxy groups -OCH3 is 1. The summed E-state index contributed by atoms with van der Waals surface area (Å²) in [6.45, 7) is 7.01. The summed E-state index contributed by atoms with van der Waals surface area (Å²) in [6, 6.07) is 7.69. The molecule has 7 heteroatoms. The Balaban J connectivity index is 1.75. The van der Waals surface area contributed by atoms with E-state index in [1.165, 1.54) is 0 Å². The summed E-state index contributed by atoms with van der Waals surface area (Å²) in [5.41, 5.74) is 1.91. The molecule has 1 aromatic heterocycles. The molecule has 1 aromatic carbocycles. The van der Waals surface area contributed by atoms with Crippen LogP contribution in [0.4, 0.5) is 0 Å². The summed E-state index contributed by atoms with van der Waals surface area (Å²) < 4.78 is 6.91. The summed E-state index contributed by atoms with van der Waals surface area (Å²) in [5, 5.41) is 11.4. The second-order valence-electron chi connectivity index (χ2n) is 6.34. The molecule has 2 aromatic rings. The fourth-order valence-electron chi connectivity index (χ4n) is 3.24. The van der Waals surface area contributed by atoms with E-state index in [0.717, 1.165) is 43.9 Å². The van der Waals surface area contributed by atoms with E-state index in [0.29, 0.717) is 11.4 Å². The Kier molecular flexibility index (Phi) is 5.33. The maximum absolute atomic E-state index is 12.6. The molecule has 1 unspecified atom stereocenters. The first-order valence-electron chi connectivity index (χ1n) is 8.72. The Bertz CT molecular complexity index is 743. The molecular formula is C18H25N5O2. The number of carbonyl (C=O) groups is 1. The third-order valence-electron chi connectivity index (χ3n) is 4.70. The summed E-state index contributed by atoms with van der Waals surface area (Å²) in [5.74, 6) is 0.579. The highest BCUT2D eigenvalue weighted by molar-refractivity contribution is 5.93. The molecule has 1 saturated heterocycles. The number of piperidine rings is 1. The third kappa shape index (κ3) is 3.82. The van der Waals surface area contributed by atoms with Gasteiger partial charge in [-0.15, -0.1) is 5.10 Å². The van der Waals surface area contributed by atoms with Gasteiger partial charge in [-0.25, -0.2) is 4.68 Å². The molecule has 0 radical (unpaired) electrons. The van der Waals surface area contributed by atoms with Crippen LogP contribution in [-0.4, -0.2) is 58.6 Å². The predicted molar refractivity (Wildman–Crippen MR) is 95.3 cm³/mol. The number of amides is 1. The van der Waals surface area contributed by atoms with Gasteiger partial charge in [0, 0.05) is 18.7 Å². The second-order valence-corrected chi connectivity index (χ2v) is 6.34. The van der Waals surface area contributed by atoms with Crippen molar-refractivity contribution in [2.24, 2.45) is 0 Å². The highest BCUT2D eigenvalue weighted by Gasteiger charge is 2.24. The molecule has 0 spiro atoms. The van der Waals surface area contributed by atoms with Crippen molar-refractivity contribution in [3.63, 3.8) is 0 Å². The zero-order valence-electron chi connectivity index (χ0n) is 15.0. The number of aromatic nitrogens is 3. The lowest BCUT2D eigenvalue weighted by molar-refractivity contribution is 0.0900. The maximum atomic E-state index is 12.6. The van der Waals surface area contributed by atoms with Gasteiger partial charge in [0.2, 0.25) is 0 Å². The van der Waals surface area contributed by atoms with Gasteiger partial charge in [0.05, 0.1) is 18.5 Å². The number of rotatable bonds is 5. The standard InChI is InChI=1S/C18H25N5O2/c1-4-22-10-6-7-14(12-22)19-18(24)17-13(2)23(21-20-17)15-8-5-9-16(11-15)25-3/h5,8-9,11,14H,4,6-7,10,12H2,1-3H3,(H,19,24). The molecule has 0 saturated carbocycles. The van der Waals surface area contributed by atoms with Gasteiger partial charge in [0.1, 0.15) is 5.75 Å². The van der Waals surface area contributed by atoms with Crippen LogP contribution in [0, 0.1) is 6.92 Å². The molecule has 25 heavy (non-hydrogen) atoms. The summed E-state index contributed by atoms with van der Waals surface area (Å²) in [6.07, 6.45) is 2.11. The van der Waals surface area contributed by atoms with Crippen molar-refractivity contribution in [3.05, 3.63) is 35.7 Å². The van der Waals surface area contributed by atoms with Crippen LogP contribution in [0.25, 0.3) is 5.69 Å². The first kappa shape index (κ1) is 17.4. The smallest absolute Gasteiger partial charge is 0.274 e. The number of hydrogen-bond acceptors (Lipinski definition) is 5. The van der Waals surface area contributed by atoms with Gasteiger partial charge in [-0.1, -0.05) is 18.2 Å². The topological polar surface area (TPSA) is 72.3 Å². The normalized spacial score (nSPS) is 18.1. The van der Waals surface area contributed by atoms with Gasteiger partial charge in [0.15, 0.2) is 5.69 Å². The van der Waals surface area contributed by atoms with Gasteiger partial charge in [-0.3, -0.25) is 4.79 Å². The van der Waals surface area contributed by atoms with E-state index in [2.05, 4.69) is 27.5 Å². The van der Waals surface area contributed by atoms with E-state index in [9.17, 15) is 4.79 Å². The Hall–Kier alpha value is -2.41. The van der Waals surface area contributed by atoms with Crippen molar-refractivity contribution in [3.8, 4) is 11.4 Å². The highest BCUT2D eigenvalue weighted by atomic mass is 16.5. The molecule has 1 aliphatic rings. The lowest BCUT2D eigenvalue weighted by Gasteiger charge is -2.32. The minimum absolute atomic E-state index is 0.158. The molecule has 7 nitrogen and oxygen atoms in total. The van der Waals surface area contributed by atoms with Crippen LogP contribution in [-0.2, 0) is 0 Å². The second kappa shape index (κ2) is 7.65. The quantitative estimate of drug-likeness (QED) is 0.896. The lowest BCUT2D eigenvalue weighted by Crippen LogP contribution is -2.47. The zero-order valence-corrected chi connectivity index (χ0v) is 15.0. The number of likely N-dealkylation sites (tertiary alicyclic amines) is 1. The number of benzene rings is 1. The van der Waals surface area contributed by atoms with E-state index >= 15 is 0 Å². The summed E-state index contributed by atoms with van der Waals surface area (Å²) in [4.78, 5) is 15.0. The average Bonchev–Trinajstić information content (AvgIpc) is 3.03. The van der Waals surface area contributed by atoms with Crippen LogP contribution in [0.2, 0.25) is 0 Å². The molecule has 0 bridgehead atoms. The van der Waals surface area contributed by atoms with Gasteiger partial charge in [-0.05, 0) is 45.0 Å². The maximum Gasteiger partial charge on any atom is 0.274 e. The van der Waals surface area contributed by atoms with E-state index in [-0.39, 0.29) is 11.9 Å². The van der Waals surface area contributed by atoms with Crippen molar-refractivity contribution in [1.82, 2.24) is 25.2 Å². The Morgan fingerprint density at radius 2 is 2.28 bits per heavy atom. The minimum Gasteiger partial charge on any atom is -0.497 e. The van der Waals surface area contributed by atoms with Crippen LogP contribution >= 0.6 is 0 Å². The number of hydrogen-bond donors (Lipinski definition) is 1. The third-order valence-corrected chi connectivity index (χ3v) is 4.70. The monoisotopic (exact) mass is 343 g/mol. The zero-order chi connectivity index (χ0) is 17.8. The SMILES string of the molecule is CCN1CCCC(NC(=O)c2nnn(-c3cccc(OC)c3)c2C)C1. The van der Waals surface area contributed by atoms with Gasteiger partial charge in [0.25, 0.3) is 5.91 Å². The molecule has 0 aliphatic carbocycles. The molecule has 3 rings (SSSR count). The fraction of sp³-hybridized carbons (Fsp3) is 0.500. The van der Waals surface area contributed by atoms with E-state index in [4.69, 9.17) is 4.74 Å². The van der Waals surface area contributed by atoms with E-state index in [1.807, 2.05) is 31.2 Å². The first-order chi connectivity index (χ1) is 12.1. The highest BCUT2D eigenvalue weighted by Crippen LogP contribution is 2.18. The molecule has 2 heterocycles.